The SMILES string of the molecule is Cc1cc2c(cc1N1c3cc4c(cc3B3c5cc(C(C)(C)c6ccccc6)ccc5N(c5ccc6c(c5C)C(C)(C)CCC6(C)C)c5cc(N(c6ccccc6)c6ccccc6)cc1c53)C(C)(C)CCC4(C)C)C(C)(C)CC2(C)C. The topological polar surface area (TPSA) is 9.72 Å². The second-order valence-corrected chi connectivity index (χ2v) is 29.5. The van der Waals surface area contributed by atoms with Crippen molar-refractivity contribution in [3.8, 4) is 0 Å². The predicted octanol–water partition coefficient (Wildman–Crippen LogP) is 18.8. The van der Waals surface area contributed by atoms with Crippen LogP contribution in [0.4, 0.5) is 51.2 Å². The lowest BCUT2D eigenvalue weighted by atomic mass is 9.33. The molecule has 0 spiro atoms. The molecule has 0 saturated heterocycles. The Kier molecular flexibility index (Phi) is 11.6. The van der Waals surface area contributed by atoms with Gasteiger partial charge in [-0.2, -0.15) is 0 Å². The van der Waals surface area contributed by atoms with Gasteiger partial charge in [-0.05, 0) is 211 Å². The third kappa shape index (κ3) is 7.87. The van der Waals surface area contributed by atoms with Gasteiger partial charge in [0.15, 0.2) is 0 Å². The van der Waals surface area contributed by atoms with Crippen molar-refractivity contribution in [2.45, 2.75) is 181 Å². The van der Waals surface area contributed by atoms with Crippen LogP contribution in [0.25, 0.3) is 0 Å². The molecule has 406 valence electrons. The zero-order chi connectivity index (χ0) is 56.4. The van der Waals surface area contributed by atoms with E-state index in [-0.39, 0.29) is 44.6 Å². The van der Waals surface area contributed by atoms with Crippen LogP contribution in [0, 0.1) is 13.8 Å². The molecule has 4 heteroatoms. The van der Waals surface area contributed by atoms with E-state index in [0.29, 0.717) is 0 Å². The van der Waals surface area contributed by atoms with Gasteiger partial charge in [-0.1, -0.05) is 194 Å². The van der Waals surface area contributed by atoms with Gasteiger partial charge < -0.3 is 14.7 Å². The molecule has 0 aromatic heterocycles. The molecule has 80 heavy (non-hydrogen) atoms. The molecule has 8 aromatic carbocycles. The van der Waals surface area contributed by atoms with Gasteiger partial charge in [0.2, 0.25) is 0 Å². The van der Waals surface area contributed by atoms with Crippen LogP contribution in [-0.2, 0) is 37.9 Å². The number of rotatable bonds is 7. The average molecular weight is 1050 g/mol. The first-order valence-corrected chi connectivity index (χ1v) is 30.1. The van der Waals surface area contributed by atoms with Crippen LogP contribution in [0.2, 0.25) is 0 Å². The molecule has 0 radical (unpaired) electrons. The molecule has 2 heterocycles. The number of hydrogen-bond donors (Lipinski definition) is 0. The summed E-state index contributed by atoms with van der Waals surface area (Å²) >= 11 is 0. The molecular weight excluding hydrogens is 966 g/mol. The summed E-state index contributed by atoms with van der Waals surface area (Å²) in [5.74, 6) is 0. The third-order valence-corrected chi connectivity index (χ3v) is 20.9. The van der Waals surface area contributed by atoms with Gasteiger partial charge in [0.05, 0.1) is 5.69 Å². The lowest BCUT2D eigenvalue weighted by Gasteiger charge is -2.49. The second-order valence-electron chi connectivity index (χ2n) is 29.5. The smallest absolute Gasteiger partial charge is 0.252 e. The zero-order valence-electron chi connectivity index (χ0n) is 51.0. The van der Waals surface area contributed by atoms with Crippen molar-refractivity contribution >= 4 is 74.3 Å². The van der Waals surface area contributed by atoms with Gasteiger partial charge in [-0.3, -0.25) is 0 Å². The molecule has 5 aliphatic rings. The summed E-state index contributed by atoms with van der Waals surface area (Å²) < 4.78 is 0. The minimum absolute atomic E-state index is 0.00411. The molecule has 0 unspecified atom stereocenters. The molecular formula is C76H84BN3. The van der Waals surface area contributed by atoms with Gasteiger partial charge in [0.25, 0.3) is 6.71 Å². The van der Waals surface area contributed by atoms with Gasteiger partial charge >= 0.3 is 0 Å². The fraction of sp³-hybridized carbons (Fsp3) is 0.368. The third-order valence-electron chi connectivity index (χ3n) is 20.9. The van der Waals surface area contributed by atoms with Crippen LogP contribution < -0.4 is 31.1 Å². The van der Waals surface area contributed by atoms with Gasteiger partial charge in [-0.25, -0.2) is 0 Å². The summed E-state index contributed by atoms with van der Waals surface area (Å²) in [5, 5.41) is 0. The first-order valence-electron chi connectivity index (χ1n) is 30.1. The number of fused-ring (bicyclic) bond motifs is 7. The molecule has 0 amide bonds. The fourth-order valence-electron chi connectivity index (χ4n) is 16.3. The Hall–Kier alpha value is -6.78. The first-order chi connectivity index (χ1) is 37.7. The van der Waals surface area contributed by atoms with Crippen LogP contribution in [0.3, 0.4) is 0 Å². The molecule has 0 saturated carbocycles. The average Bonchev–Trinajstić information content (AvgIpc) is 3.77. The van der Waals surface area contributed by atoms with E-state index in [1.807, 2.05) is 0 Å². The minimum atomic E-state index is -0.259. The minimum Gasteiger partial charge on any atom is -0.311 e. The van der Waals surface area contributed by atoms with Crippen molar-refractivity contribution in [2.24, 2.45) is 0 Å². The number of anilines is 9. The van der Waals surface area contributed by atoms with Gasteiger partial charge in [0, 0.05) is 50.9 Å². The van der Waals surface area contributed by atoms with E-state index in [4.69, 9.17) is 0 Å². The van der Waals surface area contributed by atoms with Crippen LogP contribution in [0.15, 0.2) is 158 Å². The number of hydrogen-bond acceptors (Lipinski definition) is 3. The van der Waals surface area contributed by atoms with Crippen LogP contribution in [0.5, 0.6) is 0 Å². The summed E-state index contributed by atoms with van der Waals surface area (Å²) in [7, 11) is 0. The Morgan fingerprint density at radius 3 is 1.44 bits per heavy atom. The summed E-state index contributed by atoms with van der Waals surface area (Å²) in [6.07, 6.45) is 5.74. The maximum atomic E-state index is 2.77. The Balaban J connectivity index is 1.21. The van der Waals surface area contributed by atoms with Gasteiger partial charge in [-0.15, -0.1) is 0 Å². The highest BCUT2D eigenvalue weighted by Crippen LogP contribution is 2.57. The summed E-state index contributed by atoms with van der Waals surface area (Å²) in [6, 6.07) is 61.7. The summed E-state index contributed by atoms with van der Waals surface area (Å²) in [6.45, 7) is 39.4. The highest BCUT2D eigenvalue weighted by Gasteiger charge is 2.50. The maximum Gasteiger partial charge on any atom is 0.252 e. The lowest BCUT2D eigenvalue weighted by molar-refractivity contribution is 0.330. The lowest BCUT2D eigenvalue weighted by Crippen LogP contribution is -2.62. The van der Waals surface area contributed by atoms with Crippen molar-refractivity contribution in [3.63, 3.8) is 0 Å². The van der Waals surface area contributed by atoms with Crippen molar-refractivity contribution in [3.05, 3.63) is 213 Å². The van der Waals surface area contributed by atoms with Crippen molar-refractivity contribution in [1.82, 2.24) is 0 Å². The summed E-state index contributed by atoms with van der Waals surface area (Å²) in [5.41, 5.74) is 29.3. The Morgan fingerprint density at radius 2 is 0.850 bits per heavy atom. The molecule has 0 atom stereocenters. The molecule has 3 nitrogen and oxygen atoms in total. The van der Waals surface area contributed by atoms with Crippen molar-refractivity contribution < 1.29 is 0 Å². The molecule has 13 rings (SSSR count). The molecule has 2 aliphatic heterocycles. The van der Waals surface area contributed by atoms with E-state index in [9.17, 15) is 0 Å². The zero-order valence-corrected chi connectivity index (χ0v) is 51.0. The van der Waals surface area contributed by atoms with Crippen molar-refractivity contribution in [2.75, 3.05) is 14.7 Å². The van der Waals surface area contributed by atoms with E-state index in [0.717, 1.165) is 42.7 Å². The standard InChI is InChI=1S/C76H84BN3/c1-48-40-56-59(75(13,14)47-74(56,11)12)45-64(48)80-65-46-58-57(71(5,6)36-37-72(58,7)8)44-61(65)77-60-41-51(76(15,16)50-26-20-17-21-27-50)32-34-63(60)79(62-35-33-55-68(49(62)2)73(9,10)39-38-70(55,3)4)66-42-54(43-67(80)69(66)77)78(52-28-22-18-23-29-52)53-30-24-19-25-31-53/h17-35,40-46H,36-39,47H2,1-16H3. The van der Waals surface area contributed by atoms with E-state index < -0.39 is 0 Å². The normalized spacial score (nSPS) is 19.0. The Labute approximate surface area is 480 Å². The maximum absolute atomic E-state index is 2.77. The van der Waals surface area contributed by atoms with E-state index in [1.54, 1.807) is 0 Å². The Morgan fingerprint density at radius 1 is 0.388 bits per heavy atom. The van der Waals surface area contributed by atoms with E-state index >= 15 is 0 Å². The highest BCUT2D eigenvalue weighted by atomic mass is 15.2. The van der Waals surface area contributed by atoms with E-state index in [1.165, 1.54) is 113 Å². The van der Waals surface area contributed by atoms with Crippen molar-refractivity contribution in [1.29, 1.82) is 0 Å². The number of aryl methyl sites for hydroxylation is 1. The largest absolute Gasteiger partial charge is 0.311 e. The first kappa shape index (κ1) is 52.6. The molecule has 0 N–H and O–H groups in total. The van der Waals surface area contributed by atoms with Crippen LogP contribution in [-0.4, -0.2) is 6.71 Å². The van der Waals surface area contributed by atoms with Crippen LogP contribution in [0.1, 0.15) is 185 Å². The number of benzene rings is 8. The number of para-hydroxylation sites is 2. The Bertz CT molecular complexity index is 3780. The highest BCUT2D eigenvalue weighted by molar-refractivity contribution is 7.00. The second kappa shape index (κ2) is 17.6. The van der Waals surface area contributed by atoms with Crippen LogP contribution >= 0.6 is 0 Å². The molecule has 0 fully saturated rings. The molecule has 8 aromatic rings. The fourth-order valence-corrected chi connectivity index (χ4v) is 16.3. The molecule has 3 aliphatic carbocycles. The van der Waals surface area contributed by atoms with E-state index in [2.05, 4.69) is 283 Å². The quantitative estimate of drug-likeness (QED) is 0.147. The number of nitrogens with zero attached hydrogens (tertiary/aromatic N) is 3. The molecule has 0 bridgehead atoms. The predicted molar refractivity (Wildman–Crippen MR) is 344 cm³/mol. The summed E-state index contributed by atoms with van der Waals surface area (Å²) in [4.78, 5) is 8.00. The monoisotopic (exact) mass is 1050 g/mol. The van der Waals surface area contributed by atoms with Gasteiger partial charge in [0.1, 0.15) is 0 Å².